The van der Waals surface area contributed by atoms with Gasteiger partial charge in [-0.2, -0.15) is 5.10 Å². The SMILES string of the molecule is COc1ccc(C2=NN(C3CCN(C(=O)[C@@H](Cc4cscn4)NC(=O)c4c[nH]c5c(-c6c(OCC7CC7)ccc7c6OCO7)ncnc45)CC3)C(=O)[C@@H]3CCCC[C@H]23)cc1OC. The molecule has 2 aromatic carbocycles. The Labute approximate surface area is 362 Å². The standard InChI is InChI=1S/C45H48N8O8S/c1-57-33-10-9-26(17-36(33)58-2)38-29-5-3-4-6-30(29)44(55)53(51-38)28-13-15-52(16-14-28)45(56)32(18-27-21-62-23-49-27)50-43(54)31-19-46-41-39(31)47-22-48-40(41)37-34(59-20-25-7-8-25)11-12-35-42(37)61-24-60-35/h9-12,17,19,21-23,25,28-30,32,46H,3-8,13-16,18,20,24H2,1-2H3,(H,50,54)/t29-,30+,32+/m0/s1. The average Bonchev–Trinajstić information content (AvgIpc) is 3.61. The van der Waals surface area contributed by atoms with Crippen molar-refractivity contribution < 1.29 is 38.1 Å². The van der Waals surface area contributed by atoms with E-state index in [0.29, 0.717) is 95.2 Å². The first-order chi connectivity index (χ1) is 30.4. The summed E-state index contributed by atoms with van der Waals surface area (Å²) in [7, 11) is 3.22. The van der Waals surface area contributed by atoms with E-state index in [1.807, 2.05) is 35.7 Å². The van der Waals surface area contributed by atoms with Crippen molar-refractivity contribution in [2.75, 3.05) is 40.7 Å². The molecular weight excluding hydrogens is 813 g/mol. The van der Waals surface area contributed by atoms with Crippen molar-refractivity contribution in [3.8, 4) is 40.0 Å². The number of carbonyl (C=O) groups excluding carboxylic acids is 3. The first kappa shape index (κ1) is 39.9. The highest BCUT2D eigenvalue weighted by molar-refractivity contribution is 7.07. The van der Waals surface area contributed by atoms with Gasteiger partial charge in [-0.25, -0.2) is 20.0 Å². The van der Waals surface area contributed by atoms with Crippen LogP contribution in [0, 0.1) is 17.8 Å². The maximum Gasteiger partial charge on any atom is 0.255 e. The number of hydrogen-bond donors (Lipinski definition) is 2. The maximum atomic E-state index is 14.5. The second-order valence-corrected chi connectivity index (χ2v) is 17.3. The number of hydrazone groups is 1. The van der Waals surface area contributed by atoms with E-state index >= 15 is 0 Å². The number of nitrogens with one attached hydrogen (secondary N) is 2. The maximum absolute atomic E-state index is 14.5. The van der Waals surface area contributed by atoms with Crippen LogP contribution in [0.1, 0.15) is 73.0 Å². The molecule has 62 heavy (non-hydrogen) atoms. The van der Waals surface area contributed by atoms with Gasteiger partial charge in [-0.3, -0.25) is 14.4 Å². The van der Waals surface area contributed by atoms with Gasteiger partial charge in [0.25, 0.3) is 5.91 Å². The Balaban J connectivity index is 0.880. The molecule has 2 saturated carbocycles. The van der Waals surface area contributed by atoms with E-state index in [0.717, 1.165) is 49.8 Å². The number of ether oxygens (including phenoxy) is 5. The number of likely N-dealkylation sites (tertiary alicyclic amines) is 1. The number of methoxy groups -OCH3 is 2. The molecule has 10 rings (SSSR count). The van der Waals surface area contributed by atoms with E-state index < -0.39 is 11.9 Å². The molecule has 0 bridgehead atoms. The second kappa shape index (κ2) is 16.9. The number of benzene rings is 2. The molecule has 0 radical (unpaired) electrons. The monoisotopic (exact) mass is 860 g/mol. The molecule has 5 aliphatic rings. The number of piperidine rings is 1. The molecule has 0 unspecified atom stereocenters. The predicted molar refractivity (Wildman–Crippen MR) is 229 cm³/mol. The van der Waals surface area contributed by atoms with Gasteiger partial charge in [0.15, 0.2) is 23.0 Å². The van der Waals surface area contributed by atoms with Gasteiger partial charge in [0.05, 0.1) is 60.4 Å². The molecule has 0 spiro atoms. The molecule has 6 heterocycles. The minimum Gasteiger partial charge on any atom is -0.493 e. The van der Waals surface area contributed by atoms with Crippen LogP contribution in [0.15, 0.2) is 58.8 Å². The molecule has 17 heteroatoms. The first-order valence-corrected chi connectivity index (χ1v) is 22.3. The molecule has 3 aromatic heterocycles. The molecule has 3 atom stereocenters. The third-order valence-electron chi connectivity index (χ3n) is 12.8. The van der Waals surface area contributed by atoms with Crippen LogP contribution in [-0.2, 0) is 16.0 Å². The number of hydrogen-bond acceptors (Lipinski definition) is 13. The quantitative estimate of drug-likeness (QED) is 0.142. The molecule has 3 fully saturated rings. The normalized spacial score (nSPS) is 20.4. The zero-order chi connectivity index (χ0) is 42.3. The first-order valence-electron chi connectivity index (χ1n) is 21.4. The van der Waals surface area contributed by atoms with E-state index in [4.69, 9.17) is 28.8 Å². The van der Waals surface area contributed by atoms with Crippen LogP contribution in [0.25, 0.3) is 22.3 Å². The lowest BCUT2D eigenvalue weighted by molar-refractivity contribution is -0.143. The van der Waals surface area contributed by atoms with E-state index in [1.165, 1.54) is 17.7 Å². The fourth-order valence-electron chi connectivity index (χ4n) is 9.32. The third-order valence-corrected chi connectivity index (χ3v) is 13.4. The number of fused-ring (bicyclic) bond motifs is 3. The lowest BCUT2D eigenvalue weighted by atomic mass is 9.73. The number of nitrogens with zero attached hydrogens (tertiary/aromatic N) is 6. The second-order valence-electron chi connectivity index (χ2n) is 16.6. The molecule has 16 nitrogen and oxygen atoms in total. The number of carbonyl (C=O) groups is 3. The van der Waals surface area contributed by atoms with Crippen LogP contribution in [0.4, 0.5) is 0 Å². The molecule has 322 valence electrons. The van der Waals surface area contributed by atoms with Gasteiger partial charge in [0.2, 0.25) is 18.6 Å². The summed E-state index contributed by atoms with van der Waals surface area (Å²) in [6.45, 7) is 1.44. The highest BCUT2D eigenvalue weighted by atomic mass is 32.1. The zero-order valence-electron chi connectivity index (χ0n) is 34.6. The Morgan fingerprint density at radius 3 is 2.53 bits per heavy atom. The summed E-state index contributed by atoms with van der Waals surface area (Å²) in [4.78, 5) is 61.4. The number of aromatic amines is 1. The Bertz CT molecular complexity index is 2530. The van der Waals surface area contributed by atoms with Gasteiger partial charge in [0.1, 0.15) is 29.3 Å². The zero-order valence-corrected chi connectivity index (χ0v) is 35.4. The van der Waals surface area contributed by atoms with Gasteiger partial charge >= 0.3 is 0 Å². The van der Waals surface area contributed by atoms with Crippen LogP contribution in [0.3, 0.4) is 0 Å². The van der Waals surface area contributed by atoms with E-state index in [-0.39, 0.29) is 48.5 Å². The van der Waals surface area contributed by atoms with Crippen molar-refractivity contribution >= 4 is 45.8 Å². The molecular formula is C45H48N8O8S. The van der Waals surface area contributed by atoms with Gasteiger partial charge in [-0.15, -0.1) is 11.3 Å². The minimum absolute atomic E-state index is 0.0312. The fraction of sp³-hybridized carbons (Fsp3) is 0.444. The Hall–Kier alpha value is -6.23. The fourth-order valence-corrected chi connectivity index (χ4v) is 9.89. The highest BCUT2D eigenvalue weighted by Gasteiger charge is 2.44. The summed E-state index contributed by atoms with van der Waals surface area (Å²) in [5.74, 6) is 2.72. The van der Waals surface area contributed by atoms with Crippen LogP contribution >= 0.6 is 11.3 Å². The van der Waals surface area contributed by atoms with Gasteiger partial charge < -0.3 is 38.9 Å². The van der Waals surface area contributed by atoms with Crippen LogP contribution < -0.4 is 29.0 Å². The van der Waals surface area contributed by atoms with Crippen LogP contribution in [0.2, 0.25) is 0 Å². The Kier molecular flexibility index (Phi) is 10.9. The van der Waals surface area contributed by atoms with Crippen molar-refractivity contribution in [2.45, 2.75) is 69.9 Å². The van der Waals surface area contributed by atoms with Crippen molar-refractivity contribution in [1.82, 2.24) is 35.2 Å². The molecule has 2 N–H and O–H groups in total. The molecule has 2 aliphatic carbocycles. The lowest BCUT2D eigenvalue weighted by Gasteiger charge is -2.43. The molecule has 3 aliphatic heterocycles. The summed E-state index contributed by atoms with van der Waals surface area (Å²) in [6, 6.07) is 8.40. The largest absolute Gasteiger partial charge is 0.493 e. The number of aromatic nitrogens is 4. The smallest absolute Gasteiger partial charge is 0.255 e. The number of rotatable bonds is 13. The number of H-pyrrole nitrogens is 1. The third kappa shape index (κ3) is 7.56. The lowest BCUT2D eigenvalue weighted by Crippen LogP contribution is -2.55. The Morgan fingerprint density at radius 2 is 1.76 bits per heavy atom. The summed E-state index contributed by atoms with van der Waals surface area (Å²) in [6.07, 6.45) is 10.3. The summed E-state index contributed by atoms with van der Waals surface area (Å²) in [5, 5.41) is 11.7. The number of thiazole rings is 1. The summed E-state index contributed by atoms with van der Waals surface area (Å²) in [5.41, 5.74) is 6.51. The van der Waals surface area contributed by atoms with E-state index in [2.05, 4.69) is 25.3 Å². The van der Waals surface area contributed by atoms with Gasteiger partial charge in [0, 0.05) is 48.5 Å². The van der Waals surface area contributed by atoms with Gasteiger partial charge in [-0.05, 0) is 74.8 Å². The minimum atomic E-state index is -0.910. The van der Waals surface area contributed by atoms with Gasteiger partial charge in [-0.1, -0.05) is 12.8 Å². The average molecular weight is 861 g/mol. The Morgan fingerprint density at radius 1 is 0.952 bits per heavy atom. The highest BCUT2D eigenvalue weighted by Crippen LogP contribution is 2.48. The van der Waals surface area contributed by atoms with Crippen molar-refractivity contribution in [3.05, 3.63) is 70.6 Å². The van der Waals surface area contributed by atoms with Crippen molar-refractivity contribution in [2.24, 2.45) is 22.9 Å². The molecule has 5 aromatic rings. The van der Waals surface area contributed by atoms with Crippen LogP contribution in [0.5, 0.6) is 28.7 Å². The van der Waals surface area contributed by atoms with Crippen molar-refractivity contribution in [1.29, 1.82) is 0 Å². The van der Waals surface area contributed by atoms with E-state index in [1.54, 1.807) is 35.8 Å². The summed E-state index contributed by atoms with van der Waals surface area (Å²) >= 11 is 1.43. The van der Waals surface area contributed by atoms with E-state index in [9.17, 15) is 14.4 Å². The molecule has 1 saturated heterocycles. The van der Waals surface area contributed by atoms with Crippen LogP contribution in [-0.4, -0.2) is 106 Å². The molecule has 3 amide bonds. The summed E-state index contributed by atoms with van der Waals surface area (Å²) < 4.78 is 29.0. The number of amides is 3. The van der Waals surface area contributed by atoms with Crippen molar-refractivity contribution in [3.63, 3.8) is 0 Å². The topological polar surface area (TPSA) is 183 Å². The predicted octanol–water partition coefficient (Wildman–Crippen LogP) is 6.00.